The Kier molecular flexibility index (Phi) is 4.16. The van der Waals surface area contributed by atoms with Gasteiger partial charge in [-0.1, -0.05) is 17.7 Å². The molecule has 0 bridgehead atoms. The van der Waals surface area contributed by atoms with Crippen molar-refractivity contribution in [2.24, 2.45) is 5.84 Å². The summed E-state index contributed by atoms with van der Waals surface area (Å²) in [4.78, 5) is 15.9. The van der Waals surface area contributed by atoms with Crippen LogP contribution in [0.3, 0.4) is 0 Å². The molecular formula is C13H12ClFN4O. The molecule has 1 heterocycles. The van der Waals surface area contributed by atoms with E-state index in [0.29, 0.717) is 0 Å². The molecule has 0 spiro atoms. The molecule has 2 rings (SSSR count). The van der Waals surface area contributed by atoms with Gasteiger partial charge in [0, 0.05) is 5.56 Å². The number of hydrazine groups is 1. The topological polar surface area (TPSA) is 80.0 Å². The smallest absolute Gasteiger partial charge is 0.255 e. The Bertz CT molecular complexity index is 663. The Labute approximate surface area is 119 Å². The Hall–Kier alpha value is -2.18. The lowest BCUT2D eigenvalue weighted by Crippen LogP contribution is -2.15. The molecule has 0 radical (unpaired) electrons. The molecule has 20 heavy (non-hydrogen) atoms. The summed E-state index contributed by atoms with van der Waals surface area (Å²) >= 11 is 5.77. The molecule has 4 N–H and O–H groups in total. The van der Waals surface area contributed by atoms with Gasteiger partial charge >= 0.3 is 0 Å². The maximum Gasteiger partial charge on any atom is 0.255 e. The summed E-state index contributed by atoms with van der Waals surface area (Å²) in [6.07, 6.45) is 0. The normalized spacial score (nSPS) is 10.2. The highest BCUT2D eigenvalue weighted by atomic mass is 35.5. The fourth-order valence-electron chi connectivity index (χ4n) is 1.62. The van der Waals surface area contributed by atoms with E-state index in [1.54, 1.807) is 13.0 Å². The number of nitrogens with one attached hydrogen (secondary N) is 2. The Morgan fingerprint density at radius 3 is 2.75 bits per heavy atom. The summed E-state index contributed by atoms with van der Waals surface area (Å²) in [6, 6.07) is 7.30. The summed E-state index contributed by atoms with van der Waals surface area (Å²) in [5.41, 5.74) is 3.38. The zero-order chi connectivity index (χ0) is 14.7. The minimum Gasteiger partial charge on any atom is -0.319 e. The molecule has 1 aromatic heterocycles. The molecule has 0 saturated heterocycles. The second-order valence-corrected chi connectivity index (χ2v) is 4.53. The molecule has 2 aromatic rings. The van der Waals surface area contributed by atoms with Crippen molar-refractivity contribution in [3.05, 3.63) is 52.4 Å². The lowest BCUT2D eigenvalue weighted by atomic mass is 10.2. The number of hydrogen-bond donors (Lipinski definition) is 3. The zero-order valence-corrected chi connectivity index (χ0v) is 11.3. The Morgan fingerprint density at radius 2 is 2.10 bits per heavy atom. The Morgan fingerprint density at radius 1 is 1.35 bits per heavy atom. The molecule has 7 heteroatoms. The molecule has 0 aliphatic heterocycles. The highest BCUT2D eigenvalue weighted by Crippen LogP contribution is 2.18. The molecule has 0 aliphatic carbocycles. The number of anilines is 2. The van der Waals surface area contributed by atoms with E-state index in [4.69, 9.17) is 17.4 Å². The lowest BCUT2D eigenvalue weighted by Gasteiger charge is -2.08. The monoisotopic (exact) mass is 294 g/mol. The predicted octanol–water partition coefficient (Wildman–Crippen LogP) is 2.72. The van der Waals surface area contributed by atoms with Gasteiger partial charge in [0.1, 0.15) is 16.8 Å². The van der Waals surface area contributed by atoms with Gasteiger partial charge in [0.2, 0.25) is 0 Å². The second-order valence-electron chi connectivity index (χ2n) is 4.15. The fraction of sp³-hybridized carbons (Fsp3) is 0.0769. The van der Waals surface area contributed by atoms with Gasteiger partial charge in [0.05, 0.1) is 5.69 Å². The quantitative estimate of drug-likeness (QED) is 0.462. The van der Waals surface area contributed by atoms with Gasteiger partial charge in [-0.2, -0.15) is 0 Å². The molecule has 0 atom stereocenters. The van der Waals surface area contributed by atoms with Gasteiger partial charge < -0.3 is 10.7 Å². The van der Waals surface area contributed by atoms with E-state index in [1.807, 2.05) is 0 Å². The second kappa shape index (κ2) is 5.85. The third-order valence-corrected chi connectivity index (χ3v) is 2.77. The number of halogens is 2. The number of nitrogens with zero attached hydrogens (tertiary/aromatic N) is 1. The van der Waals surface area contributed by atoms with E-state index in [0.717, 1.165) is 5.56 Å². The van der Waals surface area contributed by atoms with Crippen LogP contribution in [0.5, 0.6) is 0 Å². The van der Waals surface area contributed by atoms with E-state index in [9.17, 15) is 9.18 Å². The maximum absolute atomic E-state index is 13.7. The van der Waals surface area contributed by atoms with Crippen molar-refractivity contribution in [3.8, 4) is 0 Å². The summed E-state index contributed by atoms with van der Waals surface area (Å²) in [5, 5.41) is 2.57. The van der Waals surface area contributed by atoms with E-state index >= 15 is 0 Å². The highest BCUT2D eigenvalue weighted by Gasteiger charge is 2.11. The average Bonchev–Trinajstić information content (AvgIpc) is 2.41. The van der Waals surface area contributed by atoms with Gasteiger partial charge in [-0.25, -0.2) is 15.2 Å². The van der Waals surface area contributed by atoms with Crippen LogP contribution in [0.25, 0.3) is 0 Å². The molecule has 5 nitrogen and oxygen atoms in total. The van der Waals surface area contributed by atoms with Crippen LogP contribution < -0.4 is 16.6 Å². The number of rotatable bonds is 3. The first kappa shape index (κ1) is 14.2. The van der Waals surface area contributed by atoms with Crippen LogP contribution in [-0.4, -0.2) is 10.9 Å². The van der Waals surface area contributed by atoms with Gasteiger partial charge in [-0.05, 0) is 36.8 Å². The van der Waals surface area contributed by atoms with Crippen molar-refractivity contribution in [1.29, 1.82) is 0 Å². The number of aromatic nitrogens is 1. The molecular weight excluding hydrogens is 283 g/mol. The first-order chi connectivity index (χ1) is 9.49. The number of carbonyl (C=O) groups is 1. The molecule has 1 aromatic carbocycles. The van der Waals surface area contributed by atoms with E-state index in [1.165, 1.54) is 24.3 Å². The van der Waals surface area contributed by atoms with Crippen molar-refractivity contribution in [3.63, 3.8) is 0 Å². The lowest BCUT2D eigenvalue weighted by molar-refractivity contribution is 0.102. The number of pyridine rings is 1. The van der Waals surface area contributed by atoms with Crippen LogP contribution >= 0.6 is 11.6 Å². The average molecular weight is 295 g/mol. The van der Waals surface area contributed by atoms with Crippen molar-refractivity contribution in [2.45, 2.75) is 6.92 Å². The molecule has 0 unspecified atom stereocenters. The van der Waals surface area contributed by atoms with E-state index < -0.39 is 11.7 Å². The highest BCUT2D eigenvalue weighted by molar-refractivity contribution is 6.30. The summed E-state index contributed by atoms with van der Waals surface area (Å²) in [7, 11) is 0. The minimum atomic E-state index is -0.506. The number of carbonyl (C=O) groups excluding carboxylic acids is 1. The number of benzene rings is 1. The number of hydrogen-bond acceptors (Lipinski definition) is 4. The largest absolute Gasteiger partial charge is 0.319 e. The van der Waals surface area contributed by atoms with Crippen molar-refractivity contribution >= 4 is 29.0 Å². The van der Waals surface area contributed by atoms with Gasteiger partial charge in [0.15, 0.2) is 0 Å². The van der Waals surface area contributed by atoms with Crippen LogP contribution in [0.1, 0.15) is 15.9 Å². The van der Waals surface area contributed by atoms with Gasteiger partial charge in [0.25, 0.3) is 5.91 Å². The third kappa shape index (κ3) is 3.23. The van der Waals surface area contributed by atoms with Crippen molar-refractivity contribution in [1.82, 2.24) is 4.98 Å². The van der Waals surface area contributed by atoms with Crippen LogP contribution in [0.4, 0.5) is 15.9 Å². The number of amides is 1. The maximum atomic E-state index is 13.7. The van der Waals surface area contributed by atoms with Crippen molar-refractivity contribution in [2.75, 3.05) is 10.7 Å². The van der Waals surface area contributed by atoms with Crippen LogP contribution in [0.2, 0.25) is 5.15 Å². The summed E-state index contributed by atoms with van der Waals surface area (Å²) < 4.78 is 13.7. The SMILES string of the molecule is Cc1ccc(NC(=O)c2cc(Cl)nc(NN)c2)c(F)c1. The van der Waals surface area contributed by atoms with E-state index in [2.05, 4.69) is 15.7 Å². The number of nitrogen functional groups attached to an aromatic ring is 1. The summed E-state index contributed by atoms with van der Waals surface area (Å²) in [5.74, 6) is 4.45. The van der Waals surface area contributed by atoms with Crippen LogP contribution in [0.15, 0.2) is 30.3 Å². The predicted molar refractivity (Wildman–Crippen MR) is 76.1 cm³/mol. The fourth-order valence-corrected chi connectivity index (χ4v) is 1.83. The van der Waals surface area contributed by atoms with Crippen LogP contribution in [0, 0.1) is 12.7 Å². The Balaban J connectivity index is 2.26. The number of aryl methyl sites for hydroxylation is 1. The standard InChI is InChI=1S/C13H12ClFN4O/c1-7-2-3-10(9(15)4-7)17-13(20)8-5-11(14)18-12(6-8)19-16/h2-6H,16H2,1H3,(H,17,20)(H,18,19). The van der Waals surface area contributed by atoms with Crippen molar-refractivity contribution < 1.29 is 9.18 Å². The third-order valence-electron chi connectivity index (χ3n) is 2.58. The number of nitrogens with two attached hydrogens (primary N) is 1. The first-order valence-electron chi connectivity index (χ1n) is 5.71. The molecule has 0 saturated carbocycles. The van der Waals surface area contributed by atoms with Gasteiger partial charge in [-0.3, -0.25) is 4.79 Å². The molecule has 0 aliphatic rings. The molecule has 0 fully saturated rings. The van der Waals surface area contributed by atoms with Gasteiger partial charge in [-0.15, -0.1) is 0 Å². The minimum absolute atomic E-state index is 0.0933. The summed E-state index contributed by atoms with van der Waals surface area (Å²) in [6.45, 7) is 1.76. The molecule has 1 amide bonds. The van der Waals surface area contributed by atoms with Crippen LogP contribution in [-0.2, 0) is 0 Å². The first-order valence-corrected chi connectivity index (χ1v) is 6.09. The molecule has 104 valence electrons. The van der Waals surface area contributed by atoms with E-state index in [-0.39, 0.29) is 22.2 Å². The zero-order valence-electron chi connectivity index (χ0n) is 10.6.